The van der Waals surface area contributed by atoms with Gasteiger partial charge in [-0.1, -0.05) is 0 Å². The van der Waals surface area contributed by atoms with Gasteiger partial charge in [-0.2, -0.15) is 0 Å². The summed E-state index contributed by atoms with van der Waals surface area (Å²) < 4.78 is 37.5. The van der Waals surface area contributed by atoms with Crippen molar-refractivity contribution in [3.8, 4) is 11.5 Å². The molecule has 0 saturated carbocycles. The van der Waals surface area contributed by atoms with Crippen molar-refractivity contribution in [1.82, 2.24) is 0 Å². The van der Waals surface area contributed by atoms with Crippen LogP contribution in [0.2, 0.25) is 0 Å². The lowest BCUT2D eigenvalue weighted by Crippen LogP contribution is -2.32. The van der Waals surface area contributed by atoms with Crippen LogP contribution in [0.4, 0.5) is 14.5 Å². The first-order valence-corrected chi connectivity index (χ1v) is 7.12. The summed E-state index contributed by atoms with van der Waals surface area (Å²) in [5.41, 5.74) is 0.668. The topological polar surface area (TPSA) is 47.6 Å². The molecule has 1 aliphatic heterocycles. The van der Waals surface area contributed by atoms with Gasteiger partial charge in [0.25, 0.3) is 0 Å². The molecule has 1 heterocycles. The molecule has 2 aromatic carbocycles. The van der Waals surface area contributed by atoms with Gasteiger partial charge in [0, 0.05) is 6.07 Å². The molecule has 3 rings (SSSR count). The maximum atomic E-state index is 13.6. The summed E-state index contributed by atoms with van der Waals surface area (Å²) in [7, 11) is 1.56. The van der Waals surface area contributed by atoms with E-state index >= 15 is 0 Å². The maximum Gasteiger partial charge on any atom is 0.231 e. The second-order valence-electron chi connectivity index (χ2n) is 5.30. The number of hydrogen-bond acceptors (Lipinski definition) is 3. The van der Waals surface area contributed by atoms with E-state index in [-0.39, 0.29) is 12.3 Å². The number of halogens is 2. The third-order valence-electron chi connectivity index (χ3n) is 3.73. The molecule has 1 amide bonds. The van der Waals surface area contributed by atoms with Gasteiger partial charge in [-0.05, 0) is 42.3 Å². The average Bonchev–Trinajstić information content (AvgIpc) is 2.57. The minimum absolute atomic E-state index is 0.175. The summed E-state index contributed by atoms with van der Waals surface area (Å²) in [5, 5.41) is 2.41. The maximum absolute atomic E-state index is 13.6. The quantitative estimate of drug-likeness (QED) is 0.945. The molecule has 1 aliphatic rings. The first-order valence-electron chi connectivity index (χ1n) is 7.12. The molecular formula is C17H15F2NO3. The van der Waals surface area contributed by atoms with Crippen LogP contribution in [-0.4, -0.2) is 19.6 Å². The minimum atomic E-state index is -0.682. The van der Waals surface area contributed by atoms with E-state index in [4.69, 9.17) is 9.47 Å². The number of hydrogen-bond donors (Lipinski definition) is 1. The number of nitrogens with one attached hydrogen (secondary N) is 1. The Morgan fingerprint density at radius 2 is 2.09 bits per heavy atom. The van der Waals surface area contributed by atoms with E-state index in [1.807, 2.05) is 0 Å². The van der Waals surface area contributed by atoms with Crippen molar-refractivity contribution in [2.24, 2.45) is 5.92 Å². The van der Waals surface area contributed by atoms with Crippen LogP contribution in [-0.2, 0) is 11.2 Å². The van der Waals surface area contributed by atoms with E-state index in [0.29, 0.717) is 17.9 Å². The van der Waals surface area contributed by atoms with Crippen LogP contribution in [0.25, 0.3) is 0 Å². The van der Waals surface area contributed by atoms with E-state index < -0.39 is 23.5 Å². The molecule has 120 valence electrons. The van der Waals surface area contributed by atoms with Gasteiger partial charge in [-0.15, -0.1) is 0 Å². The highest BCUT2D eigenvalue weighted by molar-refractivity contribution is 5.93. The van der Waals surface area contributed by atoms with Gasteiger partial charge in [0.2, 0.25) is 5.91 Å². The molecule has 0 bridgehead atoms. The number of fused-ring (bicyclic) bond motifs is 1. The Hall–Kier alpha value is -2.63. The monoisotopic (exact) mass is 319 g/mol. The number of benzene rings is 2. The standard InChI is InChI=1S/C17H15F2NO3/c1-22-13-3-5-16-10(7-13)6-11(9-23-16)17(21)20-15-8-12(18)2-4-14(15)19/h2-5,7-8,11H,6,9H2,1H3,(H,20,21). The molecule has 1 atom stereocenters. The zero-order chi connectivity index (χ0) is 16.4. The van der Waals surface area contributed by atoms with Crippen LogP contribution >= 0.6 is 0 Å². The van der Waals surface area contributed by atoms with E-state index in [1.165, 1.54) is 0 Å². The van der Waals surface area contributed by atoms with Gasteiger partial charge in [0.05, 0.1) is 18.7 Å². The Morgan fingerprint density at radius 1 is 1.26 bits per heavy atom. The van der Waals surface area contributed by atoms with Crippen LogP contribution in [0.5, 0.6) is 11.5 Å². The number of amides is 1. The third kappa shape index (κ3) is 3.26. The fourth-order valence-corrected chi connectivity index (χ4v) is 2.49. The molecule has 0 aromatic heterocycles. The Bertz CT molecular complexity index is 749. The molecule has 2 aromatic rings. The highest BCUT2D eigenvalue weighted by Gasteiger charge is 2.27. The number of ether oxygens (including phenoxy) is 2. The Labute approximate surface area is 132 Å². The van der Waals surface area contributed by atoms with Crippen LogP contribution in [0, 0.1) is 17.6 Å². The number of methoxy groups -OCH3 is 1. The van der Waals surface area contributed by atoms with Gasteiger partial charge in [0.15, 0.2) is 0 Å². The van der Waals surface area contributed by atoms with Crippen LogP contribution < -0.4 is 14.8 Å². The van der Waals surface area contributed by atoms with Gasteiger partial charge in [-0.25, -0.2) is 8.78 Å². The lowest BCUT2D eigenvalue weighted by molar-refractivity contribution is -0.121. The van der Waals surface area contributed by atoms with E-state index in [9.17, 15) is 13.6 Å². The predicted molar refractivity (Wildman–Crippen MR) is 80.7 cm³/mol. The van der Waals surface area contributed by atoms with Gasteiger partial charge < -0.3 is 14.8 Å². The normalized spacial score (nSPS) is 16.2. The SMILES string of the molecule is COc1ccc2c(c1)CC(C(=O)Nc1cc(F)ccc1F)CO2. The molecular weight excluding hydrogens is 304 g/mol. The van der Waals surface area contributed by atoms with Gasteiger partial charge in [-0.3, -0.25) is 4.79 Å². The smallest absolute Gasteiger partial charge is 0.231 e. The third-order valence-corrected chi connectivity index (χ3v) is 3.73. The second kappa shape index (κ2) is 6.24. The summed E-state index contributed by atoms with van der Waals surface area (Å²) in [6, 6.07) is 8.29. The van der Waals surface area contributed by atoms with Gasteiger partial charge in [0.1, 0.15) is 29.7 Å². The van der Waals surface area contributed by atoms with E-state index in [0.717, 1.165) is 23.8 Å². The van der Waals surface area contributed by atoms with Crippen LogP contribution in [0.3, 0.4) is 0 Å². The summed E-state index contributed by atoms with van der Waals surface area (Å²) in [6.07, 6.45) is 0.440. The van der Waals surface area contributed by atoms with Crippen molar-refractivity contribution in [2.75, 3.05) is 19.0 Å². The average molecular weight is 319 g/mol. The number of carbonyl (C=O) groups is 1. The number of rotatable bonds is 3. The van der Waals surface area contributed by atoms with Crippen molar-refractivity contribution < 1.29 is 23.0 Å². The van der Waals surface area contributed by atoms with Crippen molar-refractivity contribution in [3.05, 3.63) is 53.6 Å². The first-order chi connectivity index (χ1) is 11.1. The molecule has 4 nitrogen and oxygen atoms in total. The first kappa shape index (κ1) is 15.3. The number of carbonyl (C=O) groups excluding carboxylic acids is 1. The molecule has 0 fully saturated rings. The molecule has 0 spiro atoms. The summed E-state index contributed by atoms with van der Waals surface area (Å²) >= 11 is 0. The molecule has 1 unspecified atom stereocenters. The molecule has 0 aliphatic carbocycles. The van der Waals surface area contributed by atoms with Crippen molar-refractivity contribution in [1.29, 1.82) is 0 Å². The zero-order valence-corrected chi connectivity index (χ0v) is 12.4. The van der Waals surface area contributed by atoms with Crippen molar-refractivity contribution in [3.63, 3.8) is 0 Å². The lowest BCUT2D eigenvalue weighted by atomic mass is 9.95. The number of anilines is 1. The second-order valence-corrected chi connectivity index (χ2v) is 5.30. The largest absolute Gasteiger partial charge is 0.497 e. The Morgan fingerprint density at radius 3 is 2.87 bits per heavy atom. The van der Waals surface area contributed by atoms with Crippen LogP contribution in [0.1, 0.15) is 5.56 Å². The summed E-state index contributed by atoms with van der Waals surface area (Å²) in [5.74, 6) is -0.827. The molecule has 0 saturated heterocycles. The fraction of sp³-hybridized carbons (Fsp3) is 0.235. The zero-order valence-electron chi connectivity index (χ0n) is 12.4. The predicted octanol–water partition coefficient (Wildman–Crippen LogP) is 3.16. The highest BCUT2D eigenvalue weighted by atomic mass is 19.1. The Kier molecular flexibility index (Phi) is 4.14. The minimum Gasteiger partial charge on any atom is -0.497 e. The van der Waals surface area contributed by atoms with Gasteiger partial charge >= 0.3 is 0 Å². The molecule has 0 radical (unpaired) electrons. The molecule has 1 N–H and O–H groups in total. The van der Waals surface area contributed by atoms with E-state index in [1.54, 1.807) is 25.3 Å². The lowest BCUT2D eigenvalue weighted by Gasteiger charge is -2.25. The molecule has 6 heteroatoms. The van der Waals surface area contributed by atoms with Crippen molar-refractivity contribution in [2.45, 2.75) is 6.42 Å². The van der Waals surface area contributed by atoms with Crippen molar-refractivity contribution >= 4 is 11.6 Å². The summed E-state index contributed by atoms with van der Waals surface area (Å²) in [4.78, 5) is 12.3. The Balaban J connectivity index is 1.75. The fourth-order valence-electron chi connectivity index (χ4n) is 2.49. The molecule has 23 heavy (non-hydrogen) atoms. The summed E-state index contributed by atoms with van der Waals surface area (Å²) in [6.45, 7) is 0.183. The van der Waals surface area contributed by atoms with Crippen LogP contribution in [0.15, 0.2) is 36.4 Å². The highest BCUT2D eigenvalue weighted by Crippen LogP contribution is 2.31. The van der Waals surface area contributed by atoms with E-state index in [2.05, 4.69) is 5.32 Å².